The van der Waals surface area contributed by atoms with Gasteiger partial charge in [0.05, 0.1) is 16.7 Å². The van der Waals surface area contributed by atoms with Crippen LogP contribution in [0, 0.1) is 0 Å². The van der Waals surface area contributed by atoms with Crippen molar-refractivity contribution in [1.82, 2.24) is 9.97 Å². The minimum atomic E-state index is -0.559. The Kier molecular flexibility index (Phi) is 4.47. The van der Waals surface area contributed by atoms with E-state index in [9.17, 15) is 0 Å². The number of rotatable bonds is 4. The van der Waals surface area contributed by atoms with E-state index in [1.54, 1.807) is 14.2 Å². The Bertz CT molecular complexity index is 786. The van der Waals surface area contributed by atoms with Gasteiger partial charge in [0.25, 0.3) is 0 Å². The van der Waals surface area contributed by atoms with Crippen LogP contribution in [-0.4, -0.2) is 24.2 Å². The maximum atomic E-state index is 5.39. The summed E-state index contributed by atoms with van der Waals surface area (Å²) in [6, 6.07) is 15.7. The molecule has 22 heavy (non-hydrogen) atoms. The van der Waals surface area contributed by atoms with Crippen molar-refractivity contribution < 1.29 is 9.47 Å². The molecule has 1 aromatic heterocycles. The molecular weight excluding hydrogens is 344 g/mol. The largest absolute Gasteiger partial charge is 0.350 e. The van der Waals surface area contributed by atoms with Crippen LogP contribution in [0.25, 0.3) is 22.3 Å². The molecular formula is C17H15BrN2O2. The molecule has 0 unspecified atom stereocenters. The van der Waals surface area contributed by atoms with Crippen molar-refractivity contribution >= 4 is 27.0 Å². The van der Waals surface area contributed by atoms with E-state index in [0.717, 1.165) is 26.8 Å². The SMILES string of the molecule is COC(OC)c1nc2ccccc2nc1-c1ccc(Br)cc1. The Balaban J connectivity index is 2.24. The summed E-state index contributed by atoms with van der Waals surface area (Å²) in [5, 5.41) is 0. The van der Waals surface area contributed by atoms with Crippen LogP contribution in [-0.2, 0) is 9.47 Å². The standard InChI is InChI=1S/C17H15BrN2O2/c1-21-17(22-2)16-15(11-7-9-12(18)10-8-11)19-13-5-3-4-6-14(13)20-16/h3-10,17H,1-2H3. The highest BCUT2D eigenvalue weighted by atomic mass is 79.9. The number of nitrogens with zero attached hydrogens (tertiary/aromatic N) is 2. The quantitative estimate of drug-likeness (QED) is 0.650. The van der Waals surface area contributed by atoms with Crippen molar-refractivity contribution in [2.24, 2.45) is 0 Å². The number of hydrogen-bond donors (Lipinski definition) is 0. The average Bonchev–Trinajstić information content (AvgIpc) is 2.56. The van der Waals surface area contributed by atoms with Gasteiger partial charge in [-0.05, 0) is 24.3 Å². The molecule has 2 aromatic carbocycles. The van der Waals surface area contributed by atoms with E-state index in [2.05, 4.69) is 15.9 Å². The van der Waals surface area contributed by atoms with Gasteiger partial charge in [0.1, 0.15) is 5.69 Å². The number of hydrogen-bond acceptors (Lipinski definition) is 4. The molecule has 0 saturated carbocycles. The van der Waals surface area contributed by atoms with E-state index in [0.29, 0.717) is 5.69 Å². The number of methoxy groups -OCH3 is 2. The van der Waals surface area contributed by atoms with Crippen LogP contribution in [0.2, 0.25) is 0 Å². The van der Waals surface area contributed by atoms with Crippen molar-refractivity contribution in [3.63, 3.8) is 0 Å². The summed E-state index contributed by atoms with van der Waals surface area (Å²) >= 11 is 3.45. The van der Waals surface area contributed by atoms with Crippen LogP contribution in [0.3, 0.4) is 0 Å². The van der Waals surface area contributed by atoms with Crippen molar-refractivity contribution in [1.29, 1.82) is 0 Å². The molecule has 3 aromatic rings. The summed E-state index contributed by atoms with van der Waals surface area (Å²) < 4.78 is 11.8. The lowest BCUT2D eigenvalue weighted by atomic mass is 10.1. The fraction of sp³-hybridized carbons (Fsp3) is 0.176. The first-order valence-corrected chi connectivity index (χ1v) is 7.60. The van der Waals surface area contributed by atoms with Gasteiger partial charge in [-0.3, -0.25) is 0 Å². The predicted octanol–water partition coefficient (Wildman–Crippen LogP) is 4.35. The van der Waals surface area contributed by atoms with E-state index in [-0.39, 0.29) is 0 Å². The smallest absolute Gasteiger partial charge is 0.202 e. The molecule has 0 atom stereocenters. The molecule has 0 radical (unpaired) electrons. The van der Waals surface area contributed by atoms with Gasteiger partial charge in [0.15, 0.2) is 0 Å². The second kappa shape index (κ2) is 6.52. The highest BCUT2D eigenvalue weighted by Crippen LogP contribution is 2.30. The lowest BCUT2D eigenvalue weighted by Gasteiger charge is -2.17. The molecule has 0 aliphatic carbocycles. The highest BCUT2D eigenvalue weighted by Gasteiger charge is 2.19. The summed E-state index contributed by atoms with van der Waals surface area (Å²) in [4.78, 5) is 9.45. The number of fused-ring (bicyclic) bond motifs is 1. The Morgan fingerprint density at radius 1 is 0.864 bits per heavy atom. The van der Waals surface area contributed by atoms with Gasteiger partial charge in [-0.15, -0.1) is 0 Å². The van der Waals surface area contributed by atoms with Crippen LogP contribution in [0.4, 0.5) is 0 Å². The number of halogens is 1. The van der Waals surface area contributed by atoms with E-state index < -0.39 is 6.29 Å². The highest BCUT2D eigenvalue weighted by molar-refractivity contribution is 9.10. The molecule has 0 fully saturated rings. The lowest BCUT2D eigenvalue weighted by molar-refractivity contribution is -0.108. The molecule has 0 amide bonds. The summed E-state index contributed by atoms with van der Waals surface area (Å²) in [5.41, 5.74) is 4.06. The van der Waals surface area contributed by atoms with Gasteiger partial charge in [-0.2, -0.15) is 0 Å². The number of para-hydroxylation sites is 2. The van der Waals surface area contributed by atoms with E-state index in [1.165, 1.54) is 0 Å². The van der Waals surface area contributed by atoms with Gasteiger partial charge >= 0.3 is 0 Å². The monoisotopic (exact) mass is 358 g/mol. The Morgan fingerprint density at radius 3 is 2.05 bits per heavy atom. The first kappa shape index (κ1) is 15.1. The second-order valence-corrected chi connectivity index (χ2v) is 5.67. The first-order chi connectivity index (χ1) is 10.7. The molecule has 0 N–H and O–H groups in total. The Morgan fingerprint density at radius 2 is 1.45 bits per heavy atom. The van der Waals surface area contributed by atoms with Crippen molar-refractivity contribution in [3.05, 3.63) is 58.7 Å². The maximum Gasteiger partial charge on any atom is 0.202 e. The first-order valence-electron chi connectivity index (χ1n) is 6.81. The van der Waals surface area contributed by atoms with Crippen LogP contribution >= 0.6 is 15.9 Å². The van der Waals surface area contributed by atoms with Crippen LogP contribution < -0.4 is 0 Å². The van der Waals surface area contributed by atoms with Crippen molar-refractivity contribution in [3.8, 4) is 11.3 Å². The minimum absolute atomic E-state index is 0.559. The van der Waals surface area contributed by atoms with Gasteiger partial charge in [-0.25, -0.2) is 9.97 Å². The second-order valence-electron chi connectivity index (χ2n) is 4.76. The molecule has 5 heteroatoms. The topological polar surface area (TPSA) is 44.2 Å². The van der Waals surface area contributed by atoms with E-state index in [4.69, 9.17) is 19.4 Å². The van der Waals surface area contributed by atoms with E-state index >= 15 is 0 Å². The molecule has 3 rings (SSSR count). The zero-order valence-corrected chi connectivity index (χ0v) is 13.9. The Hall–Kier alpha value is -1.82. The van der Waals surface area contributed by atoms with Crippen molar-refractivity contribution in [2.75, 3.05) is 14.2 Å². The maximum absolute atomic E-state index is 5.39. The molecule has 0 aliphatic heterocycles. The molecule has 0 aliphatic rings. The average molecular weight is 359 g/mol. The van der Waals surface area contributed by atoms with Gasteiger partial charge in [0.2, 0.25) is 6.29 Å². The molecule has 112 valence electrons. The Labute approximate surface area is 137 Å². The lowest BCUT2D eigenvalue weighted by Crippen LogP contribution is -2.09. The number of ether oxygens (including phenoxy) is 2. The van der Waals surface area contributed by atoms with Gasteiger partial charge in [0, 0.05) is 24.3 Å². The summed E-state index contributed by atoms with van der Waals surface area (Å²) in [6.45, 7) is 0. The zero-order chi connectivity index (χ0) is 15.5. The minimum Gasteiger partial charge on any atom is -0.350 e. The summed E-state index contributed by atoms with van der Waals surface area (Å²) in [6.07, 6.45) is -0.559. The molecule has 0 spiro atoms. The van der Waals surface area contributed by atoms with Crippen LogP contribution in [0.5, 0.6) is 0 Å². The predicted molar refractivity (Wildman–Crippen MR) is 89.4 cm³/mol. The molecule has 1 heterocycles. The summed E-state index contributed by atoms with van der Waals surface area (Å²) in [5.74, 6) is 0. The third kappa shape index (κ3) is 2.88. The van der Waals surface area contributed by atoms with Crippen LogP contribution in [0.15, 0.2) is 53.0 Å². The number of aromatic nitrogens is 2. The van der Waals surface area contributed by atoms with Crippen molar-refractivity contribution in [2.45, 2.75) is 6.29 Å². The fourth-order valence-electron chi connectivity index (χ4n) is 2.32. The third-order valence-electron chi connectivity index (χ3n) is 3.37. The number of benzene rings is 2. The molecule has 0 bridgehead atoms. The summed E-state index contributed by atoms with van der Waals surface area (Å²) in [7, 11) is 3.19. The molecule has 0 saturated heterocycles. The third-order valence-corrected chi connectivity index (χ3v) is 3.90. The van der Waals surface area contributed by atoms with Crippen LogP contribution in [0.1, 0.15) is 12.0 Å². The zero-order valence-electron chi connectivity index (χ0n) is 12.3. The fourth-order valence-corrected chi connectivity index (χ4v) is 2.58. The van der Waals surface area contributed by atoms with Gasteiger partial charge < -0.3 is 9.47 Å². The van der Waals surface area contributed by atoms with E-state index in [1.807, 2.05) is 48.5 Å². The van der Waals surface area contributed by atoms with Gasteiger partial charge in [-0.1, -0.05) is 40.2 Å². The normalized spacial score (nSPS) is 11.3. The molecule has 4 nitrogen and oxygen atoms in total.